The molecule has 1 nitrogen and oxygen atoms in total. The van der Waals surface area contributed by atoms with Crippen molar-refractivity contribution in [2.75, 3.05) is 6.61 Å². The maximum atomic E-state index is 12.2. The molecule has 0 bridgehead atoms. The van der Waals surface area contributed by atoms with E-state index < -0.39 is 5.92 Å². The average Bonchev–Trinajstić information content (AvgIpc) is 2.41. The summed E-state index contributed by atoms with van der Waals surface area (Å²) in [5, 5.41) is 8.34. The lowest BCUT2D eigenvalue weighted by atomic mass is 10.2. The summed E-state index contributed by atoms with van der Waals surface area (Å²) in [6.45, 7) is 0.123. The third-order valence-electron chi connectivity index (χ3n) is 1.92. The van der Waals surface area contributed by atoms with E-state index >= 15 is 0 Å². The van der Waals surface area contributed by atoms with Gasteiger partial charge in [-0.3, -0.25) is 0 Å². The van der Waals surface area contributed by atoms with E-state index in [0.29, 0.717) is 12.8 Å². The van der Waals surface area contributed by atoms with Crippen molar-refractivity contribution in [3.8, 4) is 0 Å². The van der Waals surface area contributed by atoms with Gasteiger partial charge in [-0.1, -0.05) is 6.42 Å². The number of unbranched alkanes of at least 4 members (excludes halogenated alkanes) is 1. The van der Waals surface area contributed by atoms with E-state index in [1.54, 1.807) is 0 Å². The van der Waals surface area contributed by atoms with Gasteiger partial charge in [-0.25, -0.2) is 8.78 Å². The van der Waals surface area contributed by atoms with Crippen LogP contribution >= 0.6 is 0 Å². The SMILES string of the molecule is OCCCCC1CC1(F)F. The molecule has 60 valence electrons. The molecule has 0 amide bonds. The Bertz CT molecular complexity index is 114. The van der Waals surface area contributed by atoms with Crippen LogP contribution in [0.5, 0.6) is 0 Å². The highest BCUT2D eigenvalue weighted by Gasteiger charge is 2.55. The van der Waals surface area contributed by atoms with Gasteiger partial charge in [-0.05, 0) is 12.8 Å². The highest BCUT2D eigenvalue weighted by molar-refractivity contribution is 4.94. The molecule has 0 aromatic rings. The highest BCUT2D eigenvalue weighted by atomic mass is 19.3. The first kappa shape index (κ1) is 7.92. The fraction of sp³-hybridized carbons (Fsp3) is 1.00. The second kappa shape index (κ2) is 2.82. The van der Waals surface area contributed by atoms with E-state index in [2.05, 4.69) is 0 Å². The molecule has 0 radical (unpaired) electrons. The second-order valence-corrected chi connectivity index (χ2v) is 2.88. The molecule has 0 aromatic carbocycles. The van der Waals surface area contributed by atoms with E-state index in [1.165, 1.54) is 0 Å². The van der Waals surface area contributed by atoms with Crippen LogP contribution in [0.15, 0.2) is 0 Å². The van der Waals surface area contributed by atoms with Crippen LogP contribution in [0, 0.1) is 5.92 Å². The summed E-state index contributed by atoms with van der Waals surface area (Å²) < 4.78 is 24.3. The first-order valence-electron chi connectivity index (χ1n) is 3.65. The van der Waals surface area contributed by atoms with Gasteiger partial charge in [-0.15, -0.1) is 0 Å². The van der Waals surface area contributed by atoms with E-state index in [4.69, 9.17) is 5.11 Å². The van der Waals surface area contributed by atoms with Crippen LogP contribution in [-0.2, 0) is 0 Å². The number of aliphatic hydroxyl groups is 1. The molecule has 1 saturated carbocycles. The van der Waals surface area contributed by atoms with Gasteiger partial charge in [0.2, 0.25) is 0 Å². The van der Waals surface area contributed by atoms with Crippen molar-refractivity contribution in [2.24, 2.45) is 5.92 Å². The second-order valence-electron chi connectivity index (χ2n) is 2.88. The van der Waals surface area contributed by atoms with Crippen molar-refractivity contribution in [1.82, 2.24) is 0 Å². The molecular weight excluding hydrogens is 138 g/mol. The van der Waals surface area contributed by atoms with Crippen LogP contribution in [0.25, 0.3) is 0 Å². The normalized spacial score (nSPS) is 28.5. The monoisotopic (exact) mass is 150 g/mol. The summed E-state index contributed by atoms with van der Waals surface area (Å²) >= 11 is 0. The van der Waals surface area contributed by atoms with Gasteiger partial charge < -0.3 is 5.11 Å². The van der Waals surface area contributed by atoms with Crippen LogP contribution in [0.3, 0.4) is 0 Å². The summed E-state index contributed by atoms with van der Waals surface area (Å²) in [5.74, 6) is -2.74. The predicted octanol–water partition coefficient (Wildman–Crippen LogP) is 1.80. The largest absolute Gasteiger partial charge is 0.396 e. The van der Waals surface area contributed by atoms with Crippen LogP contribution < -0.4 is 0 Å². The summed E-state index contributed by atoms with van der Waals surface area (Å²) in [5.41, 5.74) is 0. The molecule has 1 atom stereocenters. The fourth-order valence-electron chi connectivity index (χ4n) is 1.09. The number of alkyl halides is 2. The topological polar surface area (TPSA) is 20.2 Å². The number of hydrogen-bond acceptors (Lipinski definition) is 1. The third kappa shape index (κ3) is 1.90. The molecule has 1 fully saturated rings. The third-order valence-corrected chi connectivity index (χ3v) is 1.92. The maximum Gasteiger partial charge on any atom is 0.251 e. The number of halogens is 2. The first-order valence-corrected chi connectivity index (χ1v) is 3.65. The molecule has 0 saturated heterocycles. The van der Waals surface area contributed by atoms with E-state index in [1.807, 2.05) is 0 Å². The molecule has 1 aliphatic rings. The van der Waals surface area contributed by atoms with Gasteiger partial charge in [0, 0.05) is 18.9 Å². The van der Waals surface area contributed by atoms with Gasteiger partial charge in [0.15, 0.2) is 0 Å². The Hall–Kier alpha value is -0.180. The lowest BCUT2D eigenvalue weighted by molar-refractivity contribution is 0.0960. The quantitative estimate of drug-likeness (QED) is 0.606. The van der Waals surface area contributed by atoms with Crippen LogP contribution in [0.4, 0.5) is 8.78 Å². The zero-order chi connectivity index (χ0) is 7.61. The fourth-order valence-corrected chi connectivity index (χ4v) is 1.09. The van der Waals surface area contributed by atoms with Crippen LogP contribution in [0.1, 0.15) is 25.7 Å². The van der Waals surface area contributed by atoms with Gasteiger partial charge >= 0.3 is 0 Å². The summed E-state index contributed by atoms with van der Waals surface area (Å²) in [4.78, 5) is 0. The molecular formula is C7H12F2O. The molecule has 0 aliphatic heterocycles. The standard InChI is InChI=1S/C7H12F2O/c8-7(9)5-6(7)3-1-2-4-10/h6,10H,1-5H2. The maximum absolute atomic E-state index is 12.2. The smallest absolute Gasteiger partial charge is 0.251 e. The number of hydrogen-bond donors (Lipinski definition) is 1. The lowest BCUT2D eigenvalue weighted by Gasteiger charge is -1.95. The minimum Gasteiger partial charge on any atom is -0.396 e. The molecule has 0 heterocycles. The molecule has 1 N–H and O–H groups in total. The Balaban J connectivity index is 1.97. The van der Waals surface area contributed by atoms with Crippen LogP contribution in [0.2, 0.25) is 0 Å². The van der Waals surface area contributed by atoms with Gasteiger partial charge in [0.05, 0.1) is 0 Å². The molecule has 1 unspecified atom stereocenters. The molecule has 3 heteroatoms. The van der Waals surface area contributed by atoms with Crippen molar-refractivity contribution >= 4 is 0 Å². The van der Waals surface area contributed by atoms with Crippen LogP contribution in [-0.4, -0.2) is 17.6 Å². The highest BCUT2D eigenvalue weighted by Crippen LogP contribution is 2.51. The van der Waals surface area contributed by atoms with Crippen molar-refractivity contribution in [2.45, 2.75) is 31.6 Å². The molecule has 0 aromatic heterocycles. The van der Waals surface area contributed by atoms with E-state index in [-0.39, 0.29) is 18.9 Å². The van der Waals surface area contributed by atoms with Crippen molar-refractivity contribution < 1.29 is 13.9 Å². The lowest BCUT2D eigenvalue weighted by Crippen LogP contribution is -1.94. The van der Waals surface area contributed by atoms with Crippen molar-refractivity contribution in [3.05, 3.63) is 0 Å². The minimum atomic E-state index is -2.37. The average molecular weight is 150 g/mol. The number of aliphatic hydroxyl groups excluding tert-OH is 1. The van der Waals surface area contributed by atoms with Crippen molar-refractivity contribution in [3.63, 3.8) is 0 Å². The zero-order valence-corrected chi connectivity index (χ0v) is 5.82. The summed E-state index contributed by atoms with van der Waals surface area (Å²) in [6, 6.07) is 0. The Morgan fingerprint density at radius 1 is 1.40 bits per heavy atom. The summed E-state index contributed by atoms with van der Waals surface area (Å²) in [7, 11) is 0. The first-order chi connectivity index (χ1) is 4.67. The van der Waals surface area contributed by atoms with Crippen molar-refractivity contribution in [1.29, 1.82) is 0 Å². The van der Waals surface area contributed by atoms with Gasteiger partial charge in [-0.2, -0.15) is 0 Å². The zero-order valence-electron chi connectivity index (χ0n) is 5.82. The Morgan fingerprint density at radius 3 is 2.40 bits per heavy atom. The molecule has 0 spiro atoms. The Kier molecular flexibility index (Phi) is 2.24. The number of rotatable bonds is 4. The Labute approximate surface area is 59.0 Å². The Morgan fingerprint density at radius 2 is 2.00 bits per heavy atom. The van der Waals surface area contributed by atoms with E-state index in [0.717, 1.165) is 6.42 Å². The van der Waals surface area contributed by atoms with Gasteiger partial charge in [0.25, 0.3) is 5.92 Å². The molecule has 1 rings (SSSR count). The predicted molar refractivity (Wildman–Crippen MR) is 34.0 cm³/mol. The minimum absolute atomic E-state index is 0.0679. The van der Waals surface area contributed by atoms with E-state index in [9.17, 15) is 8.78 Å². The van der Waals surface area contributed by atoms with Gasteiger partial charge in [0.1, 0.15) is 0 Å². The summed E-state index contributed by atoms with van der Waals surface area (Å²) in [6.07, 6.45) is 2.04. The molecule has 10 heavy (non-hydrogen) atoms. The molecule has 1 aliphatic carbocycles.